The lowest BCUT2D eigenvalue weighted by atomic mass is 10.1. The van der Waals surface area contributed by atoms with Gasteiger partial charge in [0.15, 0.2) is 0 Å². The maximum atomic E-state index is 12.9. The van der Waals surface area contributed by atoms with Crippen LogP contribution in [0.1, 0.15) is 61.5 Å². The van der Waals surface area contributed by atoms with Crippen molar-refractivity contribution in [3.63, 3.8) is 0 Å². The molecule has 0 saturated carbocycles. The van der Waals surface area contributed by atoms with E-state index in [1.165, 1.54) is 24.3 Å². The van der Waals surface area contributed by atoms with Crippen molar-refractivity contribution < 1.29 is 14.0 Å². The molecule has 2 aromatic carbocycles. The maximum absolute atomic E-state index is 12.9. The SMILES string of the molecule is CCCCCC(=O)NC(C)c1ccc(NC(=O)c2ccc(F)cc2)cc1. The number of anilines is 1. The molecule has 0 spiro atoms. The molecule has 0 fully saturated rings. The molecule has 0 aromatic heterocycles. The first-order valence-electron chi connectivity index (χ1n) is 8.96. The second-order valence-corrected chi connectivity index (χ2v) is 6.33. The zero-order valence-corrected chi connectivity index (χ0v) is 15.2. The fourth-order valence-corrected chi connectivity index (χ4v) is 2.59. The Morgan fingerprint density at radius 1 is 1.00 bits per heavy atom. The monoisotopic (exact) mass is 356 g/mol. The molecule has 0 aliphatic rings. The van der Waals surface area contributed by atoms with Crippen molar-refractivity contribution >= 4 is 17.5 Å². The zero-order chi connectivity index (χ0) is 18.9. The molecular formula is C21H25FN2O2. The second kappa shape index (κ2) is 9.70. The number of carbonyl (C=O) groups excluding carboxylic acids is 2. The molecule has 1 atom stereocenters. The minimum absolute atomic E-state index is 0.0552. The van der Waals surface area contributed by atoms with Gasteiger partial charge in [-0.05, 0) is 55.3 Å². The second-order valence-electron chi connectivity index (χ2n) is 6.33. The summed E-state index contributed by atoms with van der Waals surface area (Å²) in [5, 5.41) is 5.75. The van der Waals surface area contributed by atoms with Crippen LogP contribution in [0.3, 0.4) is 0 Å². The molecule has 0 saturated heterocycles. The number of unbranched alkanes of at least 4 members (excludes halogenated alkanes) is 2. The first-order valence-corrected chi connectivity index (χ1v) is 8.96. The highest BCUT2D eigenvalue weighted by molar-refractivity contribution is 6.04. The van der Waals surface area contributed by atoms with E-state index in [-0.39, 0.29) is 23.7 Å². The van der Waals surface area contributed by atoms with E-state index in [2.05, 4.69) is 17.6 Å². The number of rotatable bonds is 8. The highest BCUT2D eigenvalue weighted by Gasteiger charge is 2.10. The number of halogens is 1. The molecule has 2 N–H and O–H groups in total. The first-order chi connectivity index (χ1) is 12.5. The Morgan fingerprint density at radius 2 is 1.65 bits per heavy atom. The number of nitrogens with one attached hydrogen (secondary N) is 2. The zero-order valence-electron chi connectivity index (χ0n) is 15.2. The van der Waals surface area contributed by atoms with Gasteiger partial charge in [0, 0.05) is 17.7 Å². The summed E-state index contributed by atoms with van der Waals surface area (Å²) in [6.07, 6.45) is 3.60. The van der Waals surface area contributed by atoms with E-state index < -0.39 is 0 Å². The molecular weight excluding hydrogens is 331 g/mol. The lowest BCUT2D eigenvalue weighted by molar-refractivity contribution is -0.121. The Labute approximate surface area is 153 Å². The van der Waals surface area contributed by atoms with Gasteiger partial charge in [0.05, 0.1) is 6.04 Å². The lowest BCUT2D eigenvalue weighted by Crippen LogP contribution is -2.26. The predicted octanol–water partition coefficient (Wildman–Crippen LogP) is 4.84. The average molecular weight is 356 g/mol. The number of carbonyl (C=O) groups is 2. The molecule has 2 amide bonds. The van der Waals surface area contributed by atoms with Crippen molar-refractivity contribution in [3.05, 3.63) is 65.5 Å². The van der Waals surface area contributed by atoms with Crippen LogP contribution in [0.25, 0.3) is 0 Å². The Morgan fingerprint density at radius 3 is 2.27 bits per heavy atom. The van der Waals surface area contributed by atoms with E-state index in [9.17, 15) is 14.0 Å². The number of amides is 2. The first kappa shape index (κ1) is 19.6. The van der Waals surface area contributed by atoms with Gasteiger partial charge in [0.2, 0.25) is 5.91 Å². The lowest BCUT2D eigenvalue weighted by Gasteiger charge is -2.15. The van der Waals surface area contributed by atoms with E-state index >= 15 is 0 Å². The minimum Gasteiger partial charge on any atom is -0.350 e. The summed E-state index contributed by atoms with van der Waals surface area (Å²) in [5.41, 5.74) is 2.00. The molecule has 26 heavy (non-hydrogen) atoms. The van der Waals surface area contributed by atoms with Gasteiger partial charge in [-0.15, -0.1) is 0 Å². The maximum Gasteiger partial charge on any atom is 0.255 e. The van der Waals surface area contributed by atoms with Crippen LogP contribution >= 0.6 is 0 Å². The molecule has 1 unspecified atom stereocenters. The van der Waals surface area contributed by atoms with Crippen molar-refractivity contribution in [1.29, 1.82) is 0 Å². The molecule has 0 aliphatic carbocycles. The fraction of sp³-hybridized carbons (Fsp3) is 0.333. The summed E-state index contributed by atoms with van der Waals surface area (Å²) in [6.45, 7) is 4.04. The number of benzene rings is 2. The molecule has 5 heteroatoms. The Balaban J connectivity index is 1.89. The normalized spacial score (nSPS) is 11.7. The van der Waals surface area contributed by atoms with Gasteiger partial charge < -0.3 is 10.6 Å². The van der Waals surface area contributed by atoms with Crippen molar-refractivity contribution in [2.24, 2.45) is 0 Å². The van der Waals surface area contributed by atoms with E-state index in [4.69, 9.17) is 0 Å². The molecule has 0 bridgehead atoms. The summed E-state index contributed by atoms with van der Waals surface area (Å²) in [7, 11) is 0. The molecule has 2 aromatic rings. The van der Waals surface area contributed by atoms with E-state index in [0.717, 1.165) is 24.8 Å². The van der Waals surface area contributed by atoms with Gasteiger partial charge in [-0.1, -0.05) is 31.9 Å². The summed E-state index contributed by atoms with van der Waals surface area (Å²) < 4.78 is 12.9. The summed E-state index contributed by atoms with van der Waals surface area (Å²) in [6, 6.07) is 12.6. The van der Waals surface area contributed by atoms with Gasteiger partial charge in [-0.25, -0.2) is 4.39 Å². The van der Waals surface area contributed by atoms with Crippen LogP contribution in [0.5, 0.6) is 0 Å². The summed E-state index contributed by atoms with van der Waals surface area (Å²) in [4.78, 5) is 24.0. The molecule has 0 radical (unpaired) electrons. The number of hydrogen-bond acceptors (Lipinski definition) is 2. The standard InChI is InChI=1S/C21H25FN2O2/c1-3-4-5-6-20(25)23-15(2)16-9-13-19(14-10-16)24-21(26)17-7-11-18(22)12-8-17/h7-15H,3-6H2,1-2H3,(H,23,25)(H,24,26). The average Bonchev–Trinajstić information content (AvgIpc) is 2.63. The molecule has 4 nitrogen and oxygen atoms in total. The minimum atomic E-state index is -0.378. The quantitative estimate of drug-likeness (QED) is 0.665. The van der Waals surface area contributed by atoms with Crippen molar-refractivity contribution in [1.82, 2.24) is 5.32 Å². The van der Waals surface area contributed by atoms with Gasteiger partial charge in [0.1, 0.15) is 5.82 Å². The Bertz CT molecular complexity index is 727. The van der Waals surface area contributed by atoms with Crippen LogP contribution < -0.4 is 10.6 Å². The van der Waals surface area contributed by atoms with Gasteiger partial charge in [0.25, 0.3) is 5.91 Å². The van der Waals surface area contributed by atoms with Gasteiger partial charge >= 0.3 is 0 Å². The summed E-state index contributed by atoms with van der Waals surface area (Å²) >= 11 is 0. The molecule has 138 valence electrons. The third-order valence-corrected chi connectivity index (χ3v) is 4.16. The predicted molar refractivity (Wildman–Crippen MR) is 101 cm³/mol. The third kappa shape index (κ3) is 5.99. The van der Waals surface area contributed by atoms with Crippen LogP contribution in [-0.2, 0) is 4.79 Å². The number of hydrogen-bond donors (Lipinski definition) is 2. The Kier molecular flexibility index (Phi) is 7.33. The largest absolute Gasteiger partial charge is 0.350 e. The van der Waals surface area contributed by atoms with Crippen LogP contribution in [-0.4, -0.2) is 11.8 Å². The smallest absolute Gasteiger partial charge is 0.255 e. The fourth-order valence-electron chi connectivity index (χ4n) is 2.59. The van der Waals surface area contributed by atoms with Crippen LogP contribution in [0.15, 0.2) is 48.5 Å². The molecule has 2 rings (SSSR count). The Hall–Kier alpha value is -2.69. The van der Waals surface area contributed by atoms with Crippen LogP contribution in [0, 0.1) is 5.82 Å². The van der Waals surface area contributed by atoms with E-state index in [1.807, 2.05) is 19.1 Å². The van der Waals surface area contributed by atoms with Crippen molar-refractivity contribution in [3.8, 4) is 0 Å². The van der Waals surface area contributed by atoms with Crippen molar-refractivity contribution in [2.45, 2.75) is 45.6 Å². The van der Waals surface area contributed by atoms with Crippen LogP contribution in [0.2, 0.25) is 0 Å². The summed E-state index contributed by atoms with van der Waals surface area (Å²) in [5.74, 6) is -0.619. The molecule has 0 heterocycles. The van der Waals surface area contributed by atoms with Crippen LogP contribution in [0.4, 0.5) is 10.1 Å². The highest BCUT2D eigenvalue weighted by Crippen LogP contribution is 2.17. The van der Waals surface area contributed by atoms with Gasteiger partial charge in [-0.3, -0.25) is 9.59 Å². The molecule has 0 aliphatic heterocycles. The topological polar surface area (TPSA) is 58.2 Å². The highest BCUT2D eigenvalue weighted by atomic mass is 19.1. The van der Waals surface area contributed by atoms with Gasteiger partial charge in [-0.2, -0.15) is 0 Å². The van der Waals surface area contributed by atoms with E-state index in [1.54, 1.807) is 12.1 Å². The van der Waals surface area contributed by atoms with E-state index in [0.29, 0.717) is 17.7 Å². The van der Waals surface area contributed by atoms with Crippen molar-refractivity contribution in [2.75, 3.05) is 5.32 Å². The third-order valence-electron chi connectivity index (χ3n) is 4.16.